The number of rotatable bonds is 5. The van der Waals surface area contributed by atoms with Crippen LogP contribution in [0.3, 0.4) is 0 Å². The zero-order chi connectivity index (χ0) is 13.0. The van der Waals surface area contributed by atoms with E-state index in [0.717, 1.165) is 27.9 Å². The van der Waals surface area contributed by atoms with Crippen LogP contribution in [0.1, 0.15) is 29.5 Å². The highest BCUT2D eigenvalue weighted by molar-refractivity contribution is 14.1. The van der Waals surface area contributed by atoms with Crippen molar-refractivity contribution >= 4 is 28.4 Å². The Labute approximate surface area is 120 Å². The summed E-state index contributed by atoms with van der Waals surface area (Å²) in [5.74, 6) is 0.826. The summed E-state index contributed by atoms with van der Waals surface area (Å²) in [4.78, 5) is 16.4. The first-order chi connectivity index (χ1) is 8.72. The van der Waals surface area contributed by atoms with E-state index >= 15 is 0 Å². The van der Waals surface area contributed by atoms with E-state index in [1.807, 2.05) is 24.3 Å². The molecule has 5 heteroatoms. The van der Waals surface area contributed by atoms with Crippen molar-refractivity contribution in [2.75, 3.05) is 0 Å². The van der Waals surface area contributed by atoms with Crippen LogP contribution in [0.25, 0.3) is 0 Å². The van der Waals surface area contributed by atoms with Gasteiger partial charge in [-0.05, 0) is 35.1 Å². The van der Waals surface area contributed by atoms with Crippen molar-refractivity contribution in [2.24, 2.45) is 0 Å². The van der Waals surface area contributed by atoms with Crippen LogP contribution >= 0.6 is 22.6 Å². The van der Waals surface area contributed by atoms with Crippen molar-refractivity contribution in [3.8, 4) is 0 Å². The number of aromatic nitrogens is 3. The average molecular weight is 355 g/mol. The fourth-order valence-corrected chi connectivity index (χ4v) is 2.44. The Morgan fingerprint density at radius 2 is 2.17 bits per heavy atom. The Hall–Kier alpha value is -1.24. The third kappa shape index (κ3) is 2.95. The van der Waals surface area contributed by atoms with Crippen LogP contribution in [0, 0.1) is 3.57 Å². The van der Waals surface area contributed by atoms with E-state index in [2.05, 4.69) is 39.6 Å². The maximum absolute atomic E-state index is 12.2. The summed E-state index contributed by atoms with van der Waals surface area (Å²) in [6.45, 7) is 2.88. The van der Waals surface area contributed by atoms with Crippen LogP contribution in [0.5, 0.6) is 0 Å². The van der Waals surface area contributed by atoms with E-state index in [1.165, 1.54) is 6.33 Å². The fraction of sp³-hybridized carbons (Fsp3) is 0.308. The first kappa shape index (κ1) is 13.2. The number of Topliss-reactive ketones (excluding diaryl/α,β-unsaturated/α-hetero) is 1. The van der Waals surface area contributed by atoms with Gasteiger partial charge in [0.05, 0.1) is 6.42 Å². The van der Waals surface area contributed by atoms with Crippen molar-refractivity contribution in [3.63, 3.8) is 0 Å². The van der Waals surface area contributed by atoms with E-state index in [1.54, 1.807) is 4.68 Å². The second kappa shape index (κ2) is 6.08. The molecule has 0 saturated heterocycles. The maximum atomic E-state index is 12.2. The summed E-state index contributed by atoms with van der Waals surface area (Å²) in [7, 11) is 0. The van der Waals surface area contributed by atoms with Crippen molar-refractivity contribution in [1.29, 1.82) is 0 Å². The van der Waals surface area contributed by atoms with Crippen molar-refractivity contribution in [1.82, 2.24) is 14.8 Å². The van der Waals surface area contributed by atoms with Crippen LogP contribution in [0.2, 0.25) is 0 Å². The minimum Gasteiger partial charge on any atom is -0.294 e. The molecule has 2 rings (SSSR count). The van der Waals surface area contributed by atoms with Gasteiger partial charge in [-0.1, -0.05) is 25.1 Å². The van der Waals surface area contributed by atoms with E-state index < -0.39 is 0 Å². The summed E-state index contributed by atoms with van der Waals surface area (Å²) >= 11 is 2.18. The average Bonchev–Trinajstić information content (AvgIpc) is 2.78. The Morgan fingerprint density at radius 3 is 2.89 bits per heavy atom. The molecule has 0 unspecified atom stereocenters. The highest BCUT2D eigenvalue weighted by Gasteiger charge is 2.13. The second-order valence-electron chi connectivity index (χ2n) is 3.98. The van der Waals surface area contributed by atoms with Gasteiger partial charge in [-0.25, -0.2) is 9.67 Å². The van der Waals surface area contributed by atoms with Gasteiger partial charge >= 0.3 is 0 Å². The van der Waals surface area contributed by atoms with Gasteiger partial charge in [0.2, 0.25) is 0 Å². The predicted octanol–water partition coefficient (Wildman–Crippen LogP) is 2.72. The smallest absolute Gasteiger partial charge is 0.171 e. The molecule has 94 valence electrons. The molecule has 0 bridgehead atoms. The van der Waals surface area contributed by atoms with Crippen molar-refractivity contribution in [3.05, 3.63) is 45.6 Å². The van der Waals surface area contributed by atoms with Crippen molar-refractivity contribution < 1.29 is 4.79 Å². The van der Waals surface area contributed by atoms with Crippen LogP contribution in [-0.2, 0) is 13.0 Å². The van der Waals surface area contributed by atoms with Gasteiger partial charge in [-0.15, -0.1) is 0 Å². The van der Waals surface area contributed by atoms with Gasteiger partial charge in [-0.3, -0.25) is 4.79 Å². The number of hydrogen-bond donors (Lipinski definition) is 0. The minimum atomic E-state index is 0.0883. The number of hydrogen-bond acceptors (Lipinski definition) is 3. The zero-order valence-electron chi connectivity index (χ0n) is 10.1. The van der Waals surface area contributed by atoms with E-state index in [9.17, 15) is 4.79 Å². The number of nitrogens with zero attached hydrogens (tertiary/aromatic N) is 3. The number of halogens is 1. The molecule has 0 saturated carbocycles. The largest absolute Gasteiger partial charge is 0.294 e. The Kier molecular flexibility index (Phi) is 4.46. The molecule has 18 heavy (non-hydrogen) atoms. The summed E-state index contributed by atoms with van der Waals surface area (Å²) < 4.78 is 2.77. The lowest BCUT2D eigenvalue weighted by Gasteiger charge is -2.05. The van der Waals surface area contributed by atoms with E-state index in [4.69, 9.17) is 0 Å². The van der Waals surface area contributed by atoms with Crippen LogP contribution < -0.4 is 0 Å². The molecular formula is C13H14IN3O. The lowest BCUT2D eigenvalue weighted by atomic mass is 10.1. The second-order valence-corrected chi connectivity index (χ2v) is 5.14. The molecule has 0 amide bonds. The molecule has 1 heterocycles. The lowest BCUT2D eigenvalue weighted by Crippen LogP contribution is -2.12. The number of aryl methyl sites for hydroxylation is 1. The Bertz CT molecular complexity index is 551. The molecule has 1 aromatic heterocycles. The van der Waals surface area contributed by atoms with Gasteiger partial charge in [0.15, 0.2) is 5.78 Å². The minimum absolute atomic E-state index is 0.0883. The SMILES string of the molecule is CCCn1ncnc1CC(=O)c1ccccc1I. The highest BCUT2D eigenvalue weighted by atomic mass is 127. The molecule has 2 aromatic rings. The number of ketones is 1. The van der Waals surface area contributed by atoms with Gasteiger partial charge < -0.3 is 0 Å². The molecule has 0 aliphatic rings. The van der Waals surface area contributed by atoms with E-state index in [-0.39, 0.29) is 5.78 Å². The monoisotopic (exact) mass is 355 g/mol. The summed E-state index contributed by atoms with van der Waals surface area (Å²) in [6.07, 6.45) is 2.79. The number of carbonyl (C=O) groups is 1. The normalized spacial score (nSPS) is 10.6. The summed E-state index contributed by atoms with van der Waals surface area (Å²) in [5.41, 5.74) is 0.754. The first-order valence-corrected chi connectivity index (χ1v) is 6.94. The Balaban J connectivity index is 2.17. The molecule has 0 radical (unpaired) electrons. The summed E-state index contributed by atoms with van der Waals surface area (Å²) in [5, 5.41) is 4.13. The molecule has 0 N–H and O–H groups in total. The molecular weight excluding hydrogens is 341 g/mol. The number of benzene rings is 1. The van der Waals surface area contributed by atoms with Crippen LogP contribution in [0.4, 0.5) is 0 Å². The maximum Gasteiger partial charge on any atom is 0.171 e. The summed E-state index contributed by atoms with van der Waals surface area (Å²) in [6, 6.07) is 7.60. The fourth-order valence-electron chi connectivity index (χ4n) is 1.75. The molecule has 4 nitrogen and oxygen atoms in total. The van der Waals surface area contributed by atoms with Gasteiger partial charge in [0.1, 0.15) is 12.2 Å². The standard InChI is InChI=1S/C13H14IN3O/c1-2-7-17-13(15-9-16-17)8-12(18)10-5-3-4-6-11(10)14/h3-6,9H,2,7-8H2,1H3. The first-order valence-electron chi connectivity index (χ1n) is 5.86. The molecule has 0 fully saturated rings. The topological polar surface area (TPSA) is 47.8 Å². The van der Waals surface area contributed by atoms with Crippen LogP contribution in [0.15, 0.2) is 30.6 Å². The molecule has 0 spiro atoms. The van der Waals surface area contributed by atoms with Gasteiger partial charge in [-0.2, -0.15) is 5.10 Å². The predicted molar refractivity (Wildman–Crippen MR) is 77.5 cm³/mol. The molecule has 0 aliphatic heterocycles. The highest BCUT2D eigenvalue weighted by Crippen LogP contribution is 2.14. The lowest BCUT2D eigenvalue weighted by molar-refractivity contribution is 0.0988. The quantitative estimate of drug-likeness (QED) is 0.612. The number of carbonyl (C=O) groups excluding carboxylic acids is 1. The molecule has 1 aromatic carbocycles. The third-order valence-corrected chi connectivity index (χ3v) is 3.56. The van der Waals surface area contributed by atoms with E-state index in [0.29, 0.717) is 6.42 Å². The van der Waals surface area contributed by atoms with Gasteiger partial charge in [0, 0.05) is 15.7 Å². The van der Waals surface area contributed by atoms with Crippen LogP contribution in [-0.4, -0.2) is 20.5 Å². The molecule has 0 atom stereocenters. The molecule has 0 aliphatic carbocycles. The zero-order valence-corrected chi connectivity index (χ0v) is 12.3. The van der Waals surface area contributed by atoms with Crippen molar-refractivity contribution in [2.45, 2.75) is 26.3 Å². The third-order valence-electron chi connectivity index (χ3n) is 2.62. The van der Waals surface area contributed by atoms with Gasteiger partial charge in [0.25, 0.3) is 0 Å². The Morgan fingerprint density at radius 1 is 1.39 bits per heavy atom.